The molecular formula is C13H18FN3O4. The number of hydrogen-bond acceptors (Lipinski definition) is 4. The molecule has 116 valence electrons. The number of aromatic nitrogens is 2. The smallest absolute Gasteiger partial charge is 0.407 e. The van der Waals surface area contributed by atoms with Gasteiger partial charge >= 0.3 is 12.1 Å². The summed E-state index contributed by atoms with van der Waals surface area (Å²) in [4.78, 5) is 22.1. The fourth-order valence-corrected chi connectivity index (χ4v) is 1.40. The van der Waals surface area contributed by atoms with Gasteiger partial charge in [-0.15, -0.1) is 0 Å². The van der Waals surface area contributed by atoms with Crippen LogP contribution in [-0.4, -0.2) is 39.1 Å². The molecule has 21 heavy (non-hydrogen) atoms. The number of carboxylic acid groups (broad SMARTS) is 1. The van der Waals surface area contributed by atoms with Crippen LogP contribution in [0.5, 0.6) is 0 Å². The highest BCUT2D eigenvalue weighted by atomic mass is 19.1. The lowest BCUT2D eigenvalue weighted by Crippen LogP contribution is -2.34. The Bertz CT molecular complexity index is 546. The number of halogens is 1. The number of hydrogen-bond donors (Lipinski definition) is 2. The number of aromatic carboxylic acids is 1. The van der Waals surface area contributed by atoms with Crippen molar-refractivity contribution in [3.05, 3.63) is 29.9 Å². The Hall–Kier alpha value is -2.38. The van der Waals surface area contributed by atoms with Crippen LogP contribution in [-0.2, 0) is 11.3 Å². The van der Waals surface area contributed by atoms with Crippen molar-refractivity contribution in [2.75, 3.05) is 6.54 Å². The van der Waals surface area contributed by atoms with Crippen LogP contribution in [0.1, 0.15) is 31.1 Å². The van der Waals surface area contributed by atoms with Gasteiger partial charge in [-0.05, 0) is 26.3 Å². The molecule has 1 amide bonds. The molecule has 0 saturated heterocycles. The maximum Gasteiger partial charge on any atom is 0.407 e. The zero-order valence-electron chi connectivity index (χ0n) is 12.1. The maximum absolute atomic E-state index is 12.8. The van der Waals surface area contributed by atoms with Gasteiger partial charge in [-0.25, -0.2) is 14.0 Å². The molecule has 1 aromatic rings. The summed E-state index contributed by atoms with van der Waals surface area (Å²) in [5, 5.41) is 15.0. The first kappa shape index (κ1) is 16.7. The molecule has 0 saturated carbocycles. The summed E-state index contributed by atoms with van der Waals surface area (Å²) < 4.78 is 19.1. The summed E-state index contributed by atoms with van der Waals surface area (Å²) in [6, 6.07) is 0. The van der Waals surface area contributed by atoms with E-state index in [-0.39, 0.29) is 24.2 Å². The first-order valence-electron chi connectivity index (χ1n) is 6.22. The van der Waals surface area contributed by atoms with Crippen LogP contribution in [0.4, 0.5) is 9.18 Å². The first-order valence-corrected chi connectivity index (χ1v) is 6.22. The van der Waals surface area contributed by atoms with Gasteiger partial charge in [-0.1, -0.05) is 0 Å². The quantitative estimate of drug-likeness (QED) is 0.867. The van der Waals surface area contributed by atoms with E-state index < -0.39 is 17.7 Å². The average molecular weight is 299 g/mol. The molecule has 0 aromatic carbocycles. The Morgan fingerprint density at radius 3 is 2.67 bits per heavy atom. The van der Waals surface area contributed by atoms with E-state index in [1.165, 1.54) is 17.1 Å². The molecule has 1 rings (SSSR count). The van der Waals surface area contributed by atoms with Crippen LogP contribution in [0, 0.1) is 0 Å². The predicted octanol–water partition coefficient (Wildman–Crippen LogP) is 1.96. The number of carbonyl (C=O) groups is 2. The summed E-state index contributed by atoms with van der Waals surface area (Å²) in [5.41, 5.74) is -0.406. The fraction of sp³-hybridized carbons (Fsp3) is 0.462. The maximum atomic E-state index is 12.8. The number of carbonyl (C=O) groups excluding carboxylic acids is 1. The van der Waals surface area contributed by atoms with Crippen molar-refractivity contribution in [3.8, 4) is 0 Å². The van der Waals surface area contributed by atoms with Gasteiger partial charge in [0.25, 0.3) is 0 Å². The summed E-state index contributed by atoms with van der Waals surface area (Å²) >= 11 is 0. The molecule has 0 bridgehead atoms. The van der Waals surface area contributed by atoms with Gasteiger partial charge in [0.05, 0.1) is 24.6 Å². The standard InChI is InChI=1S/C13H18FN3O4/c1-13(2,3)21-12(20)15-5-9(4-14)7-17-8-10(6-16-17)11(18)19/h4,6,8H,5,7H2,1-3H3,(H,15,20)(H,18,19). The van der Waals surface area contributed by atoms with E-state index in [9.17, 15) is 14.0 Å². The molecule has 8 heteroatoms. The van der Waals surface area contributed by atoms with Gasteiger partial charge in [0.15, 0.2) is 0 Å². The minimum Gasteiger partial charge on any atom is -0.478 e. The third-order valence-corrected chi connectivity index (χ3v) is 2.26. The lowest BCUT2D eigenvalue weighted by atomic mass is 10.2. The van der Waals surface area contributed by atoms with Crippen molar-refractivity contribution in [1.82, 2.24) is 15.1 Å². The number of amides is 1. The summed E-state index contributed by atoms with van der Waals surface area (Å²) in [6.07, 6.45) is 2.13. The first-order chi connectivity index (χ1) is 9.71. The predicted molar refractivity (Wildman–Crippen MR) is 72.6 cm³/mol. The summed E-state index contributed by atoms with van der Waals surface area (Å²) in [7, 11) is 0. The average Bonchev–Trinajstić information content (AvgIpc) is 2.80. The second-order valence-electron chi connectivity index (χ2n) is 5.35. The van der Waals surface area contributed by atoms with Crippen molar-refractivity contribution < 1.29 is 23.8 Å². The molecule has 0 fully saturated rings. The third kappa shape index (κ3) is 6.07. The number of nitrogens with zero attached hydrogens (tertiary/aromatic N) is 2. The van der Waals surface area contributed by atoms with Gasteiger partial charge in [-0.3, -0.25) is 4.68 Å². The second-order valence-corrected chi connectivity index (χ2v) is 5.35. The Kier molecular flexibility index (Phi) is 5.45. The largest absolute Gasteiger partial charge is 0.478 e. The summed E-state index contributed by atoms with van der Waals surface area (Å²) in [5.74, 6) is -1.11. The molecular weight excluding hydrogens is 281 g/mol. The SMILES string of the molecule is CC(C)(C)OC(=O)NCC(=CF)Cn1cc(C(=O)O)cn1. The minimum absolute atomic E-state index is 0.00769. The molecule has 0 unspecified atom stereocenters. The van der Waals surface area contributed by atoms with E-state index in [2.05, 4.69) is 10.4 Å². The van der Waals surface area contributed by atoms with Crippen molar-refractivity contribution >= 4 is 12.1 Å². The topological polar surface area (TPSA) is 93.5 Å². The highest BCUT2D eigenvalue weighted by molar-refractivity contribution is 5.86. The number of alkyl carbamates (subject to hydrolysis) is 1. The lowest BCUT2D eigenvalue weighted by Gasteiger charge is -2.19. The Balaban J connectivity index is 2.52. The molecule has 0 atom stereocenters. The molecule has 0 aliphatic carbocycles. The molecule has 1 aromatic heterocycles. The molecule has 0 aliphatic rings. The number of nitrogens with one attached hydrogen (secondary N) is 1. The van der Waals surface area contributed by atoms with Gasteiger partial charge in [0.1, 0.15) is 5.60 Å². The van der Waals surface area contributed by atoms with Crippen molar-refractivity contribution in [3.63, 3.8) is 0 Å². The summed E-state index contributed by atoms with van der Waals surface area (Å²) in [6.45, 7) is 5.12. The Labute approximate surface area is 121 Å². The lowest BCUT2D eigenvalue weighted by molar-refractivity contribution is 0.0531. The zero-order valence-corrected chi connectivity index (χ0v) is 12.1. The van der Waals surface area contributed by atoms with Crippen LogP contribution in [0.25, 0.3) is 0 Å². The van der Waals surface area contributed by atoms with Crippen LogP contribution in [0.15, 0.2) is 24.3 Å². The zero-order chi connectivity index (χ0) is 16.0. The van der Waals surface area contributed by atoms with E-state index in [0.717, 1.165) is 0 Å². The fourth-order valence-electron chi connectivity index (χ4n) is 1.40. The van der Waals surface area contributed by atoms with Gasteiger partial charge in [-0.2, -0.15) is 5.10 Å². The molecule has 0 radical (unpaired) electrons. The second kappa shape index (κ2) is 6.87. The van der Waals surface area contributed by atoms with Gasteiger partial charge < -0.3 is 15.2 Å². The van der Waals surface area contributed by atoms with Crippen LogP contribution >= 0.6 is 0 Å². The number of rotatable bonds is 5. The normalized spacial score (nSPS) is 12.1. The van der Waals surface area contributed by atoms with Crippen LogP contribution in [0.2, 0.25) is 0 Å². The van der Waals surface area contributed by atoms with Crippen molar-refractivity contribution in [2.24, 2.45) is 0 Å². The molecule has 0 spiro atoms. The van der Waals surface area contributed by atoms with Crippen LogP contribution < -0.4 is 5.32 Å². The monoisotopic (exact) mass is 299 g/mol. The molecule has 1 heterocycles. The van der Waals surface area contributed by atoms with E-state index in [4.69, 9.17) is 9.84 Å². The number of ether oxygens (including phenoxy) is 1. The highest BCUT2D eigenvalue weighted by Crippen LogP contribution is 2.07. The van der Waals surface area contributed by atoms with Gasteiger partial charge in [0.2, 0.25) is 0 Å². The van der Waals surface area contributed by atoms with E-state index >= 15 is 0 Å². The van der Waals surface area contributed by atoms with E-state index in [1.807, 2.05) is 0 Å². The molecule has 7 nitrogen and oxygen atoms in total. The number of carboxylic acids is 1. The van der Waals surface area contributed by atoms with Gasteiger partial charge in [0, 0.05) is 12.7 Å². The Morgan fingerprint density at radius 2 is 2.19 bits per heavy atom. The Morgan fingerprint density at radius 1 is 1.52 bits per heavy atom. The molecule has 2 N–H and O–H groups in total. The van der Waals surface area contributed by atoms with E-state index in [1.54, 1.807) is 20.8 Å². The minimum atomic E-state index is -1.11. The van der Waals surface area contributed by atoms with Crippen molar-refractivity contribution in [1.29, 1.82) is 0 Å². The van der Waals surface area contributed by atoms with Crippen molar-refractivity contribution in [2.45, 2.75) is 32.9 Å². The van der Waals surface area contributed by atoms with E-state index in [0.29, 0.717) is 6.33 Å². The van der Waals surface area contributed by atoms with Crippen LogP contribution in [0.3, 0.4) is 0 Å². The molecule has 0 aliphatic heterocycles. The third-order valence-electron chi connectivity index (χ3n) is 2.26. The highest BCUT2D eigenvalue weighted by Gasteiger charge is 2.16.